The van der Waals surface area contributed by atoms with Crippen LogP contribution >= 0.6 is 0 Å². The fraction of sp³-hybridized carbons (Fsp3) is 0.519. The molecule has 0 aromatic heterocycles. The van der Waals surface area contributed by atoms with Gasteiger partial charge in [-0.1, -0.05) is 36.4 Å². The molecule has 6 nitrogen and oxygen atoms in total. The van der Waals surface area contributed by atoms with E-state index >= 15 is 0 Å². The molecule has 2 aliphatic heterocycles. The molecule has 0 spiro atoms. The van der Waals surface area contributed by atoms with Gasteiger partial charge in [-0.2, -0.15) is 0 Å². The van der Waals surface area contributed by atoms with E-state index in [0.717, 1.165) is 76.7 Å². The van der Waals surface area contributed by atoms with Gasteiger partial charge in [-0.15, -0.1) is 0 Å². The summed E-state index contributed by atoms with van der Waals surface area (Å²) in [5.41, 5.74) is 2.56. The van der Waals surface area contributed by atoms with Gasteiger partial charge >= 0.3 is 0 Å². The highest BCUT2D eigenvalue weighted by atomic mass is 16.5. The molecule has 0 bridgehead atoms. The molecule has 0 atom stereocenters. The summed E-state index contributed by atoms with van der Waals surface area (Å²) in [6.45, 7) is 9.97. The Labute approximate surface area is 198 Å². The predicted molar refractivity (Wildman–Crippen MR) is 130 cm³/mol. The van der Waals surface area contributed by atoms with E-state index in [0.29, 0.717) is 12.5 Å². The molecule has 4 rings (SSSR count). The Morgan fingerprint density at radius 2 is 1.52 bits per heavy atom. The molecular weight excluding hydrogens is 414 g/mol. The Morgan fingerprint density at radius 3 is 2.18 bits per heavy atom. The lowest BCUT2D eigenvalue weighted by Gasteiger charge is -2.38. The molecule has 0 aliphatic carbocycles. The summed E-state index contributed by atoms with van der Waals surface area (Å²) in [7, 11) is 1.68. The topological polar surface area (TPSA) is 45.2 Å². The maximum Gasteiger partial charge on any atom is 0.225 e. The average molecular weight is 452 g/mol. The largest absolute Gasteiger partial charge is 0.493 e. The number of carbonyl (C=O) groups is 1. The van der Waals surface area contributed by atoms with Crippen molar-refractivity contribution >= 4 is 5.91 Å². The van der Waals surface area contributed by atoms with Crippen molar-refractivity contribution < 1.29 is 14.3 Å². The number of piperidine rings is 1. The van der Waals surface area contributed by atoms with Crippen molar-refractivity contribution in [3.8, 4) is 11.5 Å². The minimum atomic E-state index is 0.164. The maximum atomic E-state index is 13.1. The number of hydrogen-bond acceptors (Lipinski definition) is 5. The van der Waals surface area contributed by atoms with Gasteiger partial charge in [0.2, 0.25) is 5.91 Å². The van der Waals surface area contributed by atoms with Gasteiger partial charge < -0.3 is 14.4 Å². The van der Waals surface area contributed by atoms with Gasteiger partial charge in [-0.05, 0) is 56.1 Å². The minimum Gasteiger partial charge on any atom is -0.493 e. The summed E-state index contributed by atoms with van der Waals surface area (Å²) >= 11 is 0. The van der Waals surface area contributed by atoms with Crippen LogP contribution in [-0.4, -0.2) is 73.6 Å². The molecule has 2 aromatic carbocycles. The molecule has 1 amide bonds. The van der Waals surface area contributed by atoms with Gasteiger partial charge in [0.1, 0.15) is 0 Å². The zero-order valence-corrected chi connectivity index (χ0v) is 20.0. The highest BCUT2D eigenvalue weighted by Crippen LogP contribution is 2.29. The first-order valence-electron chi connectivity index (χ1n) is 12.2. The van der Waals surface area contributed by atoms with Crippen LogP contribution in [0.25, 0.3) is 0 Å². The number of rotatable bonds is 8. The third-order valence-corrected chi connectivity index (χ3v) is 6.80. The number of carbonyl (C=O) groups excluding carboxylic acids is 1. The second-order valence-electron chi connectivity index (χ2n) is 9.06. The first-order chi connectivity index (χ1) is 16.2. The van der Waals surface area contributed by atoms with E-state index in [1.165, 1.54) is 11.1 Å². The van der Waals surface area contributed by atoms with Crippen molar-refractivity contribution in [1.29, 1.82) is 0 Å². The standard InChI is InChI=1S/C27H37N3O3/c1-3-33-25-10-9-23(19-26(25)32-2)21-28-13-11-24(12-14-28)27(31)30-17-15-29(16-18-30)20-22-7-5-4-6-8-22/h4-10,19,24H,3,11-18,20-21H2,1-2H3. The Hall–Kier alpha value is -2.57. The van der Waals surface area contributed by atoms with E-state index in [1.54, 1.807) is 7.11 Å². The number of piperazine rings is 1. The fourth-order valence-corrected chi connectivity index (χ4v) is 4.91. The summed E-state index contributed by atoms with van der Waals surface area (Å²) in [4.78, 5) is 20.1. The summed E-state index contributed by atoms with van der Waals surface area (Å²) in [6.07, 6.45) is 1.88. The molecular formula is C27H37N3O3. The number of likely N-dealkylation sites (tertiary alicyclic amines) is 1. The molecule has 2 aromatic rings. The highest BCUT2D eigenvalue weighted by Gasteiger charge is 2.30. The van der Waals surface area contributed by atoms with Crippen LogP contribution in [0.15, 0.2) is 48.5 Å². The molecule has 0 N–H and O–H groups in total. The number of nitrogens with zero attached hydrogens (tertiary/aromatic N) is 3. The van der Waals surface area contributed by atoms with Crippen molar-refractivity contribution in [1.82, 2.24) is 14.7 Å². The van der Waals surface area contributed by atoms with E-state index in [9.17, 15) is 4.79 Å². The number of methoxy groups -OCH3 is 1. The summed E-state index contributed by atoms with van der Waals surface area (Å²) < 4.78 is 11.1. The van der Waals surface area contributed by atoms with Gasteiger partial charge in [0, 0.05) is 45.2 Å². The number of ether oxygens (including phenoxy) is 2. The Morgan fingerprint density at radius 1 is 0.848 bits per heavy atom. The monoisotopic (exact) mass is 451 g/mol. The van der Waals surface area contributed by atoms with Gasteiger partial charge in [0.15, 0.2) is 11.5 Å². The molecule has 0 saturated carbocycles. The summed E-state index contributed by atoms with van der Waals surface area (Å²) in [6, 6.07) is 16.8. The van der Waals surface area contributed by atoms with Crippen LogP contribution in [0, 0.1) is 5.92 Å². The van der Waals surface area contributed by atoms with Crippen LogP contribution in [0.3, 0.4) is 0 Å². The van der Waals surface area contributed by atoms with Gasteiger partial charge in [0.05, 0.1) is 13.7 Å². The lowest BCUT2D eigenvalue weighted by molar-refractivity contribution is -0.139. The van der Waals surface area contributed by atoms with Crippen LogP contribution in [0.2, 0.25) is 0 Å². The first-order valence-corrected chi connectivity index (χ1v) is 12.2. The van der Waals surface area contributed by atoms with Crippen LogP contribution in [0.5, 0.6) is 11.5 Å². The second kappa shape index (κ2) is 11.5. The predicted octanol–water partition coefficient (Wildman–Crippen LogP) is 3.65. The minimum absolute atomic E-state index is 0.164. The van der Waals surface area contributed by atoms with E-state index in [2.05, 4.69) is 57.2 Å². The number of amides is 1. The van der Waals surface area contributed by atoms with E-state index in [-0.39, 0.29) is 5.92 Å². The molecule has 0 unspecified atom stereocenters. The van der Waals surface area contributed by atoms with Crippen LogP contribution in [0.1, 0.15) is 30.9 Å². The average Bonchev–Trinajstić information content (AvgIpc) is 2.86. The van der Waals surface area contributed by atoms with E-state index < -0.39 is 0 Å². The Kier molecular flexibility index (Phi) is 8.24. The Bertz CT molecular complexity index is 889. The van der Waals surface area contributed by atoms with Crippen LogP contribution in [0.4, 0.5) is 0 Å². The van der Waals surface area contributed by atoms with Crippen molar-refractivity contribution in [2.24, 2.45) is 5.92 Å². The second-order valence-corrected chi connectivity index (χ2v) is 9.06. The highest BCUT2D eigenvalue weighted by molar-refractivity contribution is 5.79. The Balaban J connectivity index is 1.22. The molecule has 0 radical (unpaired) electrons. The zero-order chi connectivity index (χ0) is 23.0. The van der Waals surface area contributed by atoms with E-state index in [1.807, 2.05) is 13.0 Å². The van der Waals surface area contributed by atoms with Gasteiger partial charge in [-0.3, -0.25) is 14.6 Å². The van der Waals surface area contributed by atoms with Crippen molar-refractivity contribution in [2.75, 3.05) is 53.0 Å². The molecule has 2 fully saturated rings. The number of benzene rings is 2. The van der Waals surface area contributed by atoms with Crippen molar-refractivity contribution in [2.45, 2.75) is 32.9 Å². The van der Waals surface area contributed by atoms with Crippen LogP contribution < -0.4 is 9.47 Å². The fourth-order valence-electron chi connectivity index (χ4n) is 4.91. The van der Waals surface area contributed by atoms with Crippen LogP contribution in [-0.2, 0) is 17.9 Å². The molecule has 2 aliphatic rings. The smallest absolute Gasteiger partial charge is 0.225 e. The molecule has 2 heterocycles. The third kappa shape index (κ3) is 6.27. The van der Waals surface area contributed by atoms with Crippen molar-refractivity contribution in [3.05, 3.63) is 59.7 Å². The first kappa shape index (κ1) is 23.6. The lowest BCUT2D eigenvalue weighted by atomic mass is 9.94. The number of hydrogen-bond donors (Lipinski definition) is 0. The third-order valence-electron chi connectivity index (χ3n) is 6.80. The van der Waals surface area contributed by atoms with Crippen molar-refractivity contribution in [3.63, 3.8) is 0 Å². The zero-order valence-electron chi connectivity index (χ0n) is 20.0. The normalized spacial score (nSPS) is 18.3. The summed E-state index contributed by atoms with van der Waals surface area (Å²) in [5.74, 6) is 2.09. The quantitative estimate of drug-likeness (QED) is 0.613. The SMILES string of the molecule is CCOc1ccc(CN2CCC(C(=O)N3CCN(Cc4ccccc4)CC3)CC2)cc1OC. The molecule has 6 heteroatoms. The summed E-state index contributed by atoms with van der Waals surface area (Å²) in [5, 5.41) is 0. The molecule has 33 heavy (non-hydrogen) atoms. The molecule has 178 valence electrons. The molecule has 2 saturated heterocycles. The van der Waals surface area contributed by atoms with Gasteiger partial charge in [0.25, 0.3) is 0 Å². The lowest BCUT2D eigenvalue weighted by Crippen LogP contribution is -2.51. The van der Waals surface area contributed by atoms with Gasteiger partial charge in [-0.25, -0.2) is 0 Å². The maximum absolute atomic E-state index is 13.1. The van der Waals surface area contributed by atoms with E-state index in [4.69, 9.17) is 9.47 Å².